The first-order valence-electron chi connectivity index (χ1n) is 9.93. The Labute approximate surface area is 167 Å². The minimum Gasteiger partial charge on any atom is -0.352 e. The lowest BCUT2D eigenvalue weighted by atomic mass is 9.99. The first kappa shape index (κ1) is 18.4. The van der Waals surface area contributed by atoms with Gasteiger partial charge in [-0.15, -0.1) is 0 Å². The number of rotatable bonds is 6. The van der Waals surface area contributed by atoms with Crippen molar-refractivity contribution in [3.8, 4) is 0 Å². The molecule has 144 valence electrons. The fraction of sp³-hybridized carbons (Fsp3) is 0.524. The number of hydrogen-bond acceptors (Lipinski definition) is 3. The van der Waals surface area contributed by atoms with Gasteiger partial charge in [-0.2, -0.15) is 0 Å². The summed E-state index contributed by atoms with van der Waals surface area (Å²) >= 11 is 5.72. The quantitative estimate of drug-likeness (QED) is 0.772. The highest BCUT2D eigenvalue weighted by Gasteiger charge is 2.40. The second-order valence-corrected chi connectivity index (χ2v) is 8.34. The van der Waals surface area contributed by atoms with Crippen LogP contribution < -0.4 is 5.32 Å². The Morgan fingerprint density at radius 1 is 1.22 bits per heavy atom. The highest BCUT2D eigenvalue weighted by Crippen LogP contribution is 2.39. The van der Waals surface area contributed by atoms with Gasteiger partial charge in [0.2, 0.25) is 0 Å². The van der Waals surface area contributed by atoms with Crippen molar-refractivity contribution >= 4 is 17.3 Å². The highest BCUT2D eigenvalue weighted by atomic mass is 32.1. The zero-order chi connectivity index (χ0) is 18.8. The molecule has 0 spiro atoms. The van der Waals surface area contributed by atoms with Gasteiger partial charge in [0.15, 0.2) is 5.11 Å². The molecule has 1 N–H and O–H groups in total. The van der Waals surface area contributed by atoms with Crippen LogP contribution in [0.2, 0.25) is 0 Å². The predicted molar refractivity (Wildman–Crippen MR) is 113 cm³/mol. The minimum atomic E-state index is 0.0836. The van der Waals surface area contributed by atoms with Crippen LogP contribution in [0, 0.1) is 0 Å². The lowest BCUT2D eigenvalue weighted by Crippen LogP contribution is -2.35. The molecule has 2 aliphatic rings. The standard InChI is InChI=1S/C21H29N5S/c1-24(2)13-14-26-20(16-10-12-25(15-16)17-7-3-4-8-17)19(23-21(26)27)18-9-5-6-11-22-18/h5-6,9-12,15,17,19-20H,3-4,7-8,13-14H2,1-2H3,(H,23,27)/t19-,20+/m0/s1. The molecule has 1 aliphatic heterocycles. The van der Waals surface area contributed by atoms with Gasteiger partial charge in [-0.25, -0.2) is 0 Å². The van der Waals surface area contributed by atoms with Gasteiger partial charge >= 0.3 is 0 Å². The Hall–Kier alpha value is -1.92. The van der Waals surface area contributed by atoms with Gasteiger partial charge in [-0.3, -0.25) is 4.98 Å². The third-order valence-corrected chi connectivity index (χ3v) is 6.16. The molecule has 2 aromatic rings. The molecule has 6 heteroatoms. The molecular weight excluding hydrogens is 354 g/mol. The third kappa shape index (κ3) is 3.87. The molecule has 1 aliphatic carbocycles. The Kier molecular flexibility index (Phi) is 5.45. The summed E-state index contributed by atoms with van der Waals surface area (Å²) in [6.07, 6.45) is 11.7. The molecule has 5 nitrogen and oxygen atoms in total. The summed E-state index contributed by atoms with van der Waals surface area (Å²) in [7, 11) is 4.21. The van der Waals surface area contributed by atoms with E-state index in [4.69, 9.17) is 12.2 Å². The monoisotopic (exact) mass is 383 g/mol. The fourth-order valence-corrected chi connectivity index (χ4v) is 4.68. The van der Waals surface area contributed by atoms with Crippen LogP contribution in [0.5, 0.6) is 0 Å². The van der Waals surface area contributed by atoms with Gasteiger partial charge < -0.3 is 19.7 Å². The van der Waals surface area contributed by atoms with E-state index in [1.165, 1.54) is 31.2 Å². The molecule has 1 saturated carbocycles. The van der Waals surface area contributed by atoms with Gasteiger partial charge in [-0.1, -0.05) is 18.9 Å². The minimum absolute atomic E-state index is 0.0836. The van der Waals surface area contributed by atoms with E-state index >= 15 is 0 Å². The number of pyridine rings is 1. The SMILES string of the molecule is CN(C)CCN1C(=S)N[C@@H](c2ccccn2)[C@H]1c1ccn(C2CCCC2)c1. The number of nitrogens with one attached hydrogen (secondary N) is 1. The van der Waals surface area contributed by atoms with Crippen molar-refractivity contribution in [2.45, 2.75) is 43.8 Å². The lowest BCUT2D eigenvalue weighted by Gasteiger charge is -2.28. The van der Waals surface area contributed by atoms with Crippen LogP contribution in [0.4, 0.5) is 0 Å². The zero-order valence-electron chi connectivity index (χ0n) is 16.2. The molecule has 2 atom stereocenters. The first-order chi connectivity index (χ1) is 13.1. The zero-order valence-corrected chi connectivity index (χ0v) is 17.0. The molecule has 0 unspecified atom stereocenters. The van der Waals surface area contributed by atoms with Crippen LogP contribution in [0.25, 0.3) is 0 Å². The van der Waals surface area contributed by atoms with Gasteiger partial charge in [0.1, 0.15) is 0 Å². The third-order valence-electron chi connectivity index (χ3n) is 5.81. The van der Waals surface area contributed by atoms with Crippen molar-refractivity contribution in [3.05, 3.63) is 54.1 Å². The summed E-state index contributed by atoms with van der Waals surface area (Å²) in [5.74, 6) is 0. The Morgan fingerprint density at radius 3 is 2.74 bits per heavy atom. The molecule has 0 aromatic carbocycles. The van der Waals surface area contributed by atoms with E-state index in [1.807, 2.05) is 12.3 Å². The topological polar surface area (TPSA) is 36.3 Å². The van der Waals surface area contributed by atoms with E-state index in [1.54, 1.807) is 0 Å². The van der Waals surface area contributed by atoms with E-state index in [0.717, 1.165) is 23.9 Å². The summed E-state index contributed by atoms with van der Waals surface area (Å²) < 4.78 is 2.42. The smallest absolute Gasteiger partial charge is 0.170 e. The van der Waals surface area contributed by atoms with Gasteiger partial charge in [0.25, 0.3) is 0 Å². The van der Waals surface area contributed by atoms with E-state index in [-0.39, 0.29) is 12.1 Å². The molecule has 2 aromatic heterocycles. The van der Waals surface area contributed by atoms with Gasteiger partial charge in [0.05, 0.1) is 17.8 Å². The van der Waals surface area contributed by atoms with Crippen molar-refractivity contribution in [1.29, 1.82) is 0 Å². The normalized spacial score (nSPS) is 23.4. The summed E-state index contributed by atoms with van der Waals surface area (Å²) in [5, 5.41) is 4.36. The van der Waals surface area contributed by atoms with E-state index in [0.29, 0.717) is 6.04 Å². The number of thiocarbonyl (C=S) groups is 1. The molecule has 0 bridgehead atoms. The average molecular weight is 384 g/mol. The van der Waals surface area contributed by atoms with Crippen molar-refractivity contribution in [2.75, 3.05) is 27.2 Å². The van der Waals surface area contributed by atoms with Crippen LogP contribution in [0.1, 0.15) is 55.1 Å². The summed E-state index contributed by atoms with van der Waals surface area (Å²) in [5.41, 5.74) is 2.37. The highest BCUT2D eigenvalue weighted by molar-refractivity contribution is 7.80. The summed E-state index contributed by atoms with van der Waals surface area (Å²) in [6.45, 7) is 1.87. The van der Waals surface area contributed by atoms with Crippen LogP contribution in [-0.2, 0) is 0 Å². The summed E-state index contributed by atoms with van der Waals surface area (Å²) in [6, 6.07) is 9.30. The Morgan fingerprint density at radius 2 is 2.04 bits per heavy atom. The second kappa shape index (κ2) is 7.98. The molecule has 27 heavy (non-hydrogen) atoms. The predicted octanol–water partition coefficient (Wildman–Crippen LogP) is 3.53. The number of likely N-dealkylation sites (N-methyl/N-ethyl adjacent to an activating group) is 1. The van der Waals surface area contributed by atoms with Crippen LogP contribution >= 0.6 is 12.2 Å². The molecule has 2 fully saturated rings. The Balaban J connectivity index is 1.65. The molecule has 3 heterocycles. The second-order valence-electron chi connectivity index (χ2n) is 7.95. The van der Waals surface area contributed by atoms with E-state index < -0.39 is 0 Å². The average Bonchev–Trinajstić information content (AvgIpc) is 3.40. The summed E-state index contributed by atoms with van der Waals surface area (Å²) in [4.78, 5) is 9.16. The van der Waals surface area contributed by atoms with Crippen molar-refractivity contribution < 1.29 is 0 Å². The largest absolute Gasteiger partial charge is 0.352 e. The first-order valence-corrected chi connectivity index (χ1v) is 10.3. The van der Waals surface area contributed by atoms with Crippen molar-refractivity contribution in [3.63, 3.8) is 0 Å². The van der Waals surface area contributed by atoms with E-state index in [2.05, 4.69) is 69.4 Å². The van der Waals surface area contributed by atoms with Crippen molar-refractivity contribution in [2.24, 2.45) is 0 Å². The van der Waals surface area contributed by atoms with Crippen molar-refractivity contribution in [1.82, 2.24) is 24.7 Å². The Bertz CT molecular complexity index is 766. The lowest BCUT2D eigenvalue weighted by molar-refractivity contribution is 0.277. The number of aromatic nitrogens is 2. The number of nitrogens with zero attached hydrogens (tertiary/aromatic N) is 4. The molecule has 0 radical (unpaired) electrons. The maximum Gasteiger partial charge on any atom is 0.170 e. The van der Waals surface area contributed by atoms with Crippen LogP contribution in [-0.4, -0.2) is 51.6 Å². The van der Waals surface area contributed by atoms with E-state index in [9.17, 15) is 0 Å². The fourth-order valence-electron chi connectivity index (χ4n) is 4.35. The maximum atomic E-state index is 5.72. The van der Waals surface area contributed by atoms with Gasteiger partial charge in [0, 0.05) is 37.7 Å². The molecule has 4 rings (SSSR count). The van der Waals surface area contributed by atoms with Crippen LogP contribution in [0.3, 0.4) is 0 Å². The number of hydrogen-bond donors (Lipinski definition) is 1. The maximum absolute atomic E-state index is 5.72. The molecule has 1 saturated heterocycles. The molecule has 0 amide bonds. The molecular formula is C21H29N5S. The van der Waals surface area contributed by atoms with Gasteiger partial charge in [-0.05, 0) is 62.9 Å². The van der Waals surface area contributed by atoms with Crippen LogP contribution in [0.15, 0.2) is 42.9 Å².